The maximum absolute atomic E-state index is 12.4. The Morgan fingerprint density at radius 2 is 1.83 bits per heavy atom. The van der Waals surface area contributed by atoms with Gasteiger partial charge in [0.2, 0.25) is 5.91 Å². The Labute approximate surface area is 179 Å². The van der Waals surface area contributed by atoms with Crippen LogP contribution in [0, 0.1) is 0 Å². The molecule has 0 unspecified atom stereocenters. The van der Waals surface area contributed by atoms with Gasteiger partial charge >= 0.3 is 0 Å². The molecule has 0 bridgehead atoms. The summed E-state index contributed by atoms with van der Waals surface area (Å²) in [5, 5.41) is 3.26. The monoisotopic (exact) mass is 411 g/mol. The highest BCUT2D eigenvalue weighted by Crippen LogP contribution is 2.14. The quantitative estimate of drug-likeness (QED) is 0.481. The van der Waals surface area contributed by atoms with Gasteiger partial charge in [0.05, 0.1) is 18.8 Å². The largest absolute Gasteiger partial charge is 0.487 e. The second-order valence-corrected chi connectivity index (χ2v) is 6.85. The van der Waals surface area contributed by atoms with Crippen LogP contribution in [-0.2, 0) is 17.9 Å². The zero-order chi connectivity index (χ0) is 21.8. The van der Waals surface area contributed by atoms with Crippen molar-refractivity contribution >= 4 is 11.9 Å². The summed E-state index contributed by atoms with van der Waals surface area (Å²) in [7, 11) is 1.89. The van der Waals surface area contributed by atoms with Gasteiger partial charge in [0.15, 0.2) is 5.96 Å². The van der Waals surface area contributed by atoms with Crippen molar-refractivity contribution in [1.82, 2.24) is 20.1 Å². The number of nitrogens with one attached hydrogen (secondary N) is 1. The summed E-state index contributed by atoms with van der Waals surface area (Å²) < 4.78 is 5.78. The van der Waals surface area contributed by atoms with E-state index in [9.17, 15) is 4.79 Å². The van der Waals surface area contributed by atoms with Crippen LogP contribution in [0.25, 0.3) is 0 Å². The molecule has 0 atom stereocenters. The molecule has 2 aromatic rings. The number of ether oxygens (including phenoxy) is 1. The van der Waals surface area contributed by atoms with Crippen molar-refractivity contribution in [3.05, 3.63) is 59.9 Å². The highest BCUT2D eigenvalue weighted by atomic mass is 16.5. The number of pyridine rings is 1. The molecule has 1 aromatic carbocycles. The van der Waals surface area contributed by atoms with Crippen LogP contribution in [0.3, 0.4) is 0 Å². The standard InChI is InChI=1S/C23H33N5O2/c1-5-24-23(27(4)17-22(29)28(6-2)7-3)26-16-19-11-13-21(14-12-19)30-18-20-10-8-9-15-25-20/h8-15H,5-7,16-18H2,1-4H3,(H,24,26). The Hall–Kier alpha value is -3.09. The Balaban J connectivity index is 1.93. The summed E-state index contributed by atoms with van der Waals surface area (Å²) in [6, 6.07) is 13.7. The highest BCUT2D eigenvalue weighted by Gasteiger charge is 2.14. The number of hydrogen-bond acceptors (Lipinski definition) is 4. The lowest BCUT2D eigenvalue weighted by Gasteiger charge is -2.25. The van der Waals surface area contributed by atoms with E-state index in [4.69, 9.17) is 4.74 Å². The topological polar surface area (TPSA) is 70.1 Å². The first-order valence-electron chi connectivity index (χ1n) is 10.5. The maximum atomic E-state index is 12.4. The van der Waals surface area contributed by atoms with E-state index in [1.54, 1.807) is 6.20 Å². The molecule has 0 radical (unpaired) electrons. The van der Waals surface area contributed by atoms with E-state index in [0.717, 1.165) is 23.6 Å². The van der Waals surface area contributed by atoms with Crippen molar-refractivity contribution in [1.29, 1.82) is 0 Å². The molecular formula is C23H33N5O2. The fourth-order valence-electron chi connectivity index (χ4n) is 2.92. The van der Waals surface area contributed by atoms with Crippen LogP contribution in [0.15, 0.2) is 53.7 Å². The smallest absolute Gasteiger partial charge is 0.242 e. The van der Waals surface area contributed by atoms with Crippen molar-refractivity contribution in [2.45, 2.75) is 33.9 Å². The molecule has 1 aromatic heterocycles. The molecule has 7 nitrogen and oxygen atoms in total. The number of carbonyl (C=O) groups is 1. The van der Waals surface area contributed by atoms with E-state index >= 15 is 0 Å². The van der Waals surface area contributed by atoms with Gasteiger partial charge in [-0.25, -0.2) is 4.99 Å². The second-order valence-electron chi connectivity index (χ2n) is 6.85. The lowest BCUT2D eigenvalue weighted by atomic mass is 10.2. The van der Waals surface area contributed by atoms with Crippen molar-refractivity contribution in [2.24, 2.45) is 4.99 Å². The molecule has 0 aliphatic rings. The van der Waals surface area contributed by atoms with Gasteiger partial charge in [0, 0.05) is 32.9 Å². The second kappa shape index (κ2) is 12.5. The number of guanidine groups is 1. The van der Waals surface area contributed by atoms with Crippen molar-refractivity contribution in [2.75, 3.05) is 33.2 Å². The van der Waals surface area contributed by atoms with E-state index in [-0.39, 0.29) is 5.91 Å². The minimum absolute atomic E-state index is 0.0995. The Morgan fingerprint density at radius 1 is 1.10 bits per heavy atom. The summed E-state index contributed by atoms with van der Waals surface area (Å²) in [4.78, 5) is 25.0. The number of benzene rings is 1. The molecule has 162 valence electrons. The average Bonchev–Trinajstić information content (AvgIpc) is 2.77. The Morgan fingerprint density at radius 3 is 2.43 bits per heavy atom. The third-order valence-corrected chi connectivity index (χ3v) is 4.63. The van der Waals surface area contributed by atoms with Gasteiger partial charge in [0.1, 0.15) is 12.4 Å². The molecule has 2 rings (SSSR count). The van der Waals surface area contributed by atoms with Crippen LogP contribution >= 0.6 is 0 Å². The van der Waals surface area contributed by atoms with Crippen LogP contribution in [0.2, 0.25) is 0 Å². The number of nitrogens with zero attached hydrogens (tertiary/aromatic N) is 4. The lowest BCUT2D eigenvalue weighted by molar-refractivity contribution is -0.131. The fraction of sp³-hybridized carbons (Fsp3) is 0.435. The van der Waals surface area contributed by atoms with Gasteiger partial charge in [-0.15, -0.1) is 0 Å². The van der Waals surface area contributed by atoms with Crippen LogP contribution in [-0.4, -0.2) is 59.9 Å². The summed E-state index contributed by atoms with van der Waals surface area (Å²) in [5.74, 6) is 1.61. The molecule has 0 aliphatic heterocycles. The molecule has 1 amide bonds. The number of rotatable bonds is 10. The summed E-state index contributed by atoms with van der Waals surface area (Å²) in [5.41, 5.74) is 1.96. The van der Waals surface area contributed by atoms with Gasteiger partial charge in [-0.2, -0.15) is 0 Å². The Kier molecular flexibility index (Phi) is 9.64. The number of likely N-dealkylation sites (N-methyl/N-ethyl adjacent to an activating group) is 2. The first kappa shape index (κ1) is 23.2. The van der Waals surface area contributed by atoms with Gasteiger partial charge < -0.3 is 19.9 Å². The van der Waals surface area contributed by atoms with Crippen LogP contribution < -0.4 is 10.1 Å². The van der Waals surface area contributed by atoms with Crippen LogP contribution in [0.1, 0.15) is 32.0 Å². The van der Waals surface area contributed by atoms with Crippen LogP contribution in [0.5, 0.6) is 5.75 Å². The van der Waals surface area contributed by atoms with Gasteiger partial charge in [-0.05, 0) is 50.6 Å². The molecule has 0 saturated heterocycles. The normalized spacial score (nSPS) is 11.1. The molecule has 1 heterocycles. The predicted molar refractivity (Wildman–Crippen MR) is 120 cm³/mol. The van der Waals surface area contributed by atoms with E-state index in [1.165, 1.54) is 0 Å². The Bertz CT molecular complexity index is 789. The molecule has 0 fully saturated rings. The first-order chi connectivity index (χ1) is 14.6. The van der Waals surface area contributed by atoms with Gasteiger partial charge in [-0.3, -0.25) is 9.78 Å². The molecule has 7 heteroatoms. The highest BCUT2D eigenvalue weighted by molar-refractivity contribution is 5.86. The van der Waals surface area contributed by atoms with E-state index < -0.39 is 0 Å². The van der Waals surface area contributed by atoms with E-state index in [2.05, 4.69) is 15.3 Å². The summed E-state index contributed by atoms with van der Waals surface area (Å²) >= 11 is 0. The molecular weight excluding hydrogens is 378 g/mol. The number of amides is 1. The fourth-order valence-corrected chi connectivity index (χ4v) is 2.92. The lowest BCUT2D eigenvalue weighted by Crippen LogP contribution is -2.45. The van der Waals surface area contributed by atoms with Crippen molar-refractivity contribution in [3.63, 3.8) is 0 Å². The SMILES string of the molecule is CCNC(=NCc1ccc(OCc2ccccn2)cc1)N(C)CC(=O)N(CC)CC. The minimum atomic E-state index is 0.0995. The molecule has 30 heavy (non-hydrogen) atoms. The molecule has 0 aliphatic carbocycles. The third kappa shape index (κ3) is 7.39. The molecule has 0 spiro atoms. The average molecular weight is 412 g/mol. The van der Waals surface area contributed by atoms with Gasteiger partial charge in [-0.1, -0.05) is 18.2 Å². The number of hydrogen-bond donors (Lipinski definition) is 1. The molecule has 1 N–H and O–H groups in total. The van der Waals surface area contributed by atoms with Gasteiger partial charge in [0.25, 0.3) is 0 Å². The number of aliphatic imine (C=N–C) groups is 1. The van der Waals surface area contributed by atoms with Crippen LogP contribution in [0.4, 0.5) is 0 Å². The predicted octanol–water partition coefficient (Wildman–Crippen LogP) is 2.93. The van der Waals surface area contributed by atoms with E-state index in [1.807, 2.05) is 80.1 Å². The number of carbonyl (C=O) groups excluding carboxylic acids is 1. The minimum Gasteiger partial charge on any atom is -0.487 e. The zero-order valence-corrected chi connectivity index (χ0v) is 18.5. The third-order valence-electron chi connectivity index (χ3n) is 4.63. The van der Waals surface area contributed by atoms with Crippen molar-refractivity contribution < 1.29 is 9.53 Å². The number of aromatic nitrogens is 1. The maximum Gasteiger partial charge on any atom is 0.242 e. The summed E-state index contributed by atoms with van der Waals surface area (Å²) in [6.07, 6.45) is 1.76. The first-order valence-corrected chi connectivity index (χ1v) is 10.5. The molecule has 0 saturated carbocycles. The summed E-state index contributed by atoms with van der Waals surface area (Å²) in [6.45, 7) is 9.42. The zero-order valence-electron chi connectivity index (χ0n) is 18.5. The van der Waals surface area contributed by atoms with E-state index in [0.29, 0.717) is 38.7 Å². The van der Waals surface area contributed by atoms with Crippen molar-refractivity contribution in [3.8, 4) is 5.75 Å².